The first-order chi connectivity index (χ1) is 14.5. The monoisotopic (exact) mass is 433 g/mol. The van der Waals surface area contributed by atoms with Crippen LogP contribution >= 0.6 is 0 Å². The quantitative estimate of drug-likeness (QED) is 0.676. The normalized spacial score (nSPS) is 14.6. The van der Waals surface area contributed by atoms with E-state index in [1.165, 1.54) is 30.7 Å². The standard InChI is InChI=1S/C21H27N3O5S/c1-28-18-7-9-19(10-8-18)30(26,27)24(15-17-5-3-4-6-20(17)29-2)16-21(25)23-13-11-22-12-14-23/h3-10,22H,11-16H2,1-2H3. The molecule has 0 saturated carbocycles. The van der Waals surface area contributed by atoms with Crippen LogP contribution < -0.4 is 14.8 Å². The van der Waals surface area contributed by atoms with E-state index in [2.05, 4.69) is 5.32 Å². The highest BCUT2D eigenvalue weighted by Crippen LogP contribution is 2.25. The zero-order valence-electron chi connectivity index (χ0n) is 17.2. The average Bonchev–Trinajstić information content (AvgIpc) is 2.79. The molecular formula is C21H27N3O5S. The van der Waals surface area contributed by atoms with Crippen molar-refractivity contribution in [3.63, 3.8) is 0 Å². The molecule has 1 heterocycles. The summed E-state index contributed by atoms with van der Waals surface area (Å²) in [5.41, 5.74) is 0.685. The van der Waals surface area contributed by atoms with Gasteiger partial charge in [-0.3, -0.25) is 4.79 Å². The number of rotatable bonds is 8. The molecule has 1 fully saturated rings. The summed E-state index contributed by atoms with van der Waals surface area (Å²) in [6.45, 7) is 2.30. The van der Waals surface area contributed by atoms with E-state index in [9.17, 15) is 13.2 Å². The van der Waals surface area contributed by atoms with Gasteiger partial charge in [-0.15, -0.1) is 0 Å². The number of benzene rings is 2. The van der Waals surface area contributed by atoms with Crippen molar-refractivity contribution < 1.29 is 22.7 Å². The molecule has 0 unspecified atom stereocenters. The summed E-state index contributed by atoms with van der Waals surface area (Å²) in [4.78, 5) is 14.7. The lowest BCUT2D eigenvalue weighted by Gasteiger charge is -2.30. The average molecular weight is 434 g/mol. The van der Waals surface area contributed by atoms with Gasteiger partial charge < -0.3 is 19.7 Å². The van der Waals surface area contributed by atoms with Crippen molar-refractivity contribution in [1.29, 1.82) is 0 Å². The van der Waals surface area contributed by atoms with Gasteiger partial charge in [0.2, 0.25) is 15.9 Å². The van der Waals surface area contributed by atoms with E-state index >= 15 is 0 Å². The second-order valence-corrected chi connectivity index (χ2v) is 8.83. The molecule has 0 atom stereocenters. The molecule has 162 valence electrons. The van der Waals surface area contributed by atoms with Gasteiger partial charge in [0.1, 0.15) is 11.5 Å². The van der Waals surface area contributed by atoms with Gasteiger partial charge in [0, 0.05) is 38.3 Å². The molecule has 30 heavy (non-hydrogen) atoms. The van der Waals surface area contributed by atoms with Crippen LogP contribution in [-0.2, 0) is 21.4 Å². The lowest BCUT2D eigenvalue weighted by atomic mass is 10.2. The van der Waals surface area contributed by atoms with E-state index in [1.54, 1.807) is 29.2 Å². The van der Waals surface area contributed by atoms with Gasteiger partial charge in [-0.05, 0) is 30.3 Å². The topological polar surface area (TPSA) is 88.2 Å². The van der Waals surface area contributed by atoms with E-state index in [-0.39, 0.29) is 23.9 Å². The number of sulfonamides is 1. The number of nitrogens with zero attached hydrogens (tertiary/aromatic N) is 2. The largest absolute Gasteiger partial charge is 0.497 e. The van der Waals surface area contributed by atoms with Crippen LogP contribution in [-0.4, -0.2) is 70.5 Å². The van der Waals surface area contributed by atoms with Crippen molar-refractivity contribution in [3.05, 3.63) is 54.1 Å². The Bertz CT molecular complexity index is 957. The van der Waals surface area contributed by atoms with Gasteiger partial charge in [0.25, 0.3) is 0 Å². The predicted octanol–water partition coefficient (Wildman–Crippen LogP) is 1.33. The third-order valence-electron chi connectivity index (χ3n) is 5.02. The molecule has 0 bridgehead atoms. The molecule has 1 aliphatic heterocycles. The zero-order valence-corrected chi connectivity index (χ0v) is 18.0. The van der Waals surface area contributed by atoms with E-state index in [0.29, 0.717) is 43.2 Å². The summed E-state index contributed by atoms with van der Waals surface area (Å²) in [5.74, 6) is 0.910. The van der Waals surface area contributed by atoms with Crippen molar-refractivity contribution in [2.75, 3.05) is 46.9 Å². The lowest BCUT2D eigenvalue weighted by Crippen LogP contribution is -2.50. The Balaban J connectivity index is 1.91. The molecule has 9 heteroatoms. The summed E-state index contributed by atoms with van der Waals surface area (Å²) in [6, 6.07) is 13.3. The summed E-state index contributed by atoms with van der Waals surface area (Å²) in [7, 11) is -0.872. The first-order valence-electron chi connectivity index (χ1n) is 9.70. The van der Waals surface area contributed by atoms with Crippen molar-refractivity contribution in [1.82, 2.24) is 14.5 Å². The van der Waals surface area contributed by atoms with Crippen LogP contribution in [0, 0.1) is 0 Å². The van der Waals surface area contributed by atoms with E-state index < -0.39 is 10.0 Å². The number of methoxy groups -OCH3 is 2. The first kappa shape index (κ1) is 22.1. The summed E-state index contributed by atoms with van der Waals surface area (Å²) in [5, 5.41) is 3.19. The molecule has 1 N–H and O–H groups in total. The summed E-state index contributed by atoms with van der Waals surface area (Å²) in [6.07, 6.45) is 0. The van der Waals surface area contributed by atoms with E-state index in [4.69, 9.17) is 9.47 Å². The fourth-order valence-electron chi connectivity index (χ4n) is 3.31. The predicted molar refractivity (Wildman–Crippen MR) is 113 cm³/mol. The first-order valence-corrected chi connectivity index (χ1v) is 11.1. The number of carbonyl (C=O) groups excluding carboxylic acids is 1. The van der Waals surface area contributed by atoms with E-state index in [0.717, 1.165) is 0 Å². The van der Waals surface area contributed by atoms with Gasteiger partial charge in [-0.25, -0.2) is 8.42 Å². The Morgan fingerprint density at radius 3 is 2.33 bits per heavy atom. The van der Waals surface area contributed by atoms with Crippen LogP contribution in [0.2, 0.25) is 0 Å². The number of hydrogen-bond donors (Lipinski definition) is 1. The number of amides is 1. The smallest absolute Gasteiger partial charge is 0.243 e. The number of carbonyl (C=O) groups is 1. The minimum Gasteiger partial charge on any atom is -0.497 e. The summed E-state index contributed by atoms with van der Waals surface area (Å²) < 4.78 is 38.5. The zero-order chi connectivity index (χ0) is 21.6. The minimum absolute atomic E-state index is 0.0240. The molecule has 0 aromatic heterocycles. The lowest BCUT2D eigenvalue weighted by molar-refractivity contribution is -0.132. The molecule has 2 aromatic carbocycles. The highest BCUT2D eigenvalue weighted by molar-refractivity contribution is 7.89. The molecule has 8 nitrogen and oxygen atoms in total. The van der Waals surface area contributed by atoms with Gasteiger partial charge in [-0.2, -0.15) is 4.31 Å². The number of para-hydroxylation sites is 1. The maximum Gasteiger partial charge on any atom is 0.243 e. The Kier molecular flexibility index (Phi) is 7.30. The van der Waals surface area contributed by atoms with E-state index in [1.807, 2.05) is 12.1 Å². The third kappa shape index (κ3) is 5.10. The molecule has 1 saturated heterocycles. The summed E-state index contributed by atoms with van der Waals surface area (Å²) >= 11 is 0. The molecule has 1 aliphatic rings. The van der Waals surface area contributed by atoms with Crippen LogP contribution in [0.4, 0.5) is 0 Å². The van der Waals surface area contributed by atoms with Crippen molar-refractivity contribution in [2.45, 2.75) is 11.4 Å². The molecule has 2 aromatic rings. The molecule has 1 amide bonds. The molecular weight excluding hydrogens is 406 g/mol. The van der Waals surface area contributed by atoms with Crippen LogP contribution in [0.15, 0.2) is 53.4 Å². The fourth-order valence-corrected chi connectivity index (χ4v) is 4.68. The number of nitrogens with one attached hydrogen (secondary N) is 1. The second-order valence-electron chi connectivity index (χ2n) is 6.89. The van der Waals surface area contributed by atoms with Crippen LogP contribution in [0.5, 0.6) is 11.5 Å². The minimum atomic E-state index is -3.92. The van der Waals surface area contributed by atoms with Crippen molar-refractivity contribution >= 4 is 15.9 Å². The Labute approximate surface area is 177 Å². The highest BCUT2D eigenvalue weighted by atomic mass is 32.2. The molecule has 0 radical (unpaired) electrons. The maximum absolute atomic E-state index is 13.4. The van der Waals surface area contributed by atoms with Gasteiger partial charge in [0.05, 0.1) is 25.7 Å². The number of ether oxygens (including phenoxy) is 2. The molecule has 0 spiro atoms. The van der Waals surface area contributed by atoms with Crippen LogP contribution in [0.3, 0.4) is 0 Å². The van der Waals surface area contributed by atoms with Gasteiger partial charge >= 0.3 is 0 Å². The Morgan fingerprint density at radius 2 is 1.70 bits per heavy atom. The maximum atomic E-state index is 13.4. The van der Waals surface area contributed by atoms with Crippen molar-refractivity contribution in [3.8, 4) is 11.5 Å². The SMILES string of the molecule is COc1ccc(S(=O)(=O)N(CC(=O)N2CCNCC2)Cc2ccccc2OC)cc1. The third-order valence-corrected chi connectivity index (χ3v) is 6.82. The highest BCUT2D eigenvalue weighted by Gasteiger charge is 2.30. The van der Waals surface area contributed by atoms with Crippen LogP contribution in [0.25, 0.3) is 0 Å². The van der Waals surface area contributed by atoms with Gasteiger partial charge in [-0.1, -0.05) is 18.2 Å². The van der Waals surface area contributed by atoms with Gasteiger partial charge in [0.15, 0.2) is 0 Å². The fraction of sp³-hybridized carbons (Fsp3) is 0.381. The number of hydrogen-bond acceptors (Lipinski definition) is 6. The van der Waals surface area contributed by atoms with Crippen molar-refractivity contribution in [2.24, 2.45) is 0 Å². The second kappa shape index (κ2) is 9.92. The Morgan fingerprint density at radius 1 is 1.03 bits per heavy atom. The molecule has 3 rings (SSSR count). The van der Waals surface area contributed by atoms with Crippen LogP contribution in [0.1, 0.15) is 5.56 Å². The Hall–Kier alpha value is -2.62. The molecule has 0 aliphatic carbocycles. The number of piperazine rings is 1.